The Balaban J connectivity index is 2.36. The molecule has 0 unspecified atom stereocenters. The van der Waals surface area contributed by atoms with E-state index < -0.39 is 0 Å². The minimum absolute atomic E-state index is 0.0748. The monoisotopic (exact) mass is 311 g/mol. The first-order valence-electron chi connectivity index (χ1n) is 8.63. The third-order valence-electron chi connectivity index (χ3n) is 6.95. The second-order valence-electron chi connectivity index (χ2n) is 8.93. The number of carbonyl (C=O) groups is 1. The molecular formula is C18H35N2O2+. The highest BCUT2D eigenvalue weighted by Crippen LogP contribution is 2.67. The number of hydrogen-bond donors (Lipinski definition) is 0. The van der Waals surface area contributed by atoms with Gasteiger partial charge in [0.05, 0.1) is 26.7 Å². The van der Waals surface area contributed by atoms with E-state index in [9.17, 15) is 4.79 Å². The van der Waals surface area contributed by atoms with Crippen LogP contribution in [0.3, 0.4) is 0 Å². The van der Waals surface area contributed by atoms with Gasteiger partial charge in [0, 0.05) is 5.41 Å². The van der Waals surface area contributed by atoms with Crippen molar-refractivity contribution in [2.75, 3.05) is 41.3 Å². The molecule has 4 heteroatoms. The molecule has 2 aliphatic carbocycles. The normalized spacial score (nSPS) is 36.9. The van der Waals surface area contributed by atoms with Crippen molar-refractivity contribution in [3.05, 3.63) is 0 Å². The molecule has 4 atom stereocenters. The van der Waals surface area contributed by atoms with Gasteiger partial charge in [0.15, 0.2) is 6.54 Å². The smallest absolute Gasteiger partial charge is 0.361 e. The highest BCUT2D eigenvalue weighted by Gasteiger charge is 2.71. The number of ether oxygens (including phenoxy) is 1. The van der Waals surface area contributed by atoms with Crippen molar-refractivity contribution in [1.82, 2.24) is 4.90 Å². The summed E-state index contributed by atoms with van der Waals surface area (Å²) in [6.07, 6.45) is 2.58. The van der Waals surface area contributed by atoms with E-state index in [0.29, 0.717) is 36.6 Å². The van der Waals surface area contributed by atoms with E-state index in [4.69, 9.17) is 4.74 Å². The van der Waals surface area contributed by atoms with Crippen LogP contribution in [0.5, 0.6) is 0 Å². The summed E-state index contributed by atoms with van der Waals surface area (Å²) < 4.78 is 5.95. The standard InChI is InChI=1S/C18H35N2O2/c1-9-22-14(21)12-20(7,8)16-15(19(5)6)13-10-11-18(16,4)17(13,2)3/h13,15-16H,9-12H2,1-8H3/q+1/t13-,15-,16-,18-/m1/s1. The zero-order valence-electron chi connectivity index (χ0n) is 15.8. The average Bonchev–Trinajstić information content (AvgIpc) is 2.68. The van der Waals surface area contributed by atoms with Crippen LogP contribution in [0.1, 0.15) is 40.5 Å². The topological polar surface area (TPSA) is 29.5 Å². The maximum absolute atomic E-state index is 12.1. The van der Waals surface area contributed by atoms with E-state index >= 15 is 0 Å². The summed E-state index contributed by atoms with van der Waals surface area (Å²) in [7, 11) is 8.81. The molecule has 2 fully saturated rings. The minimum atomic E-state index is -0.0748. The highest BCUT2D eigenvalue weighted by atomic mass is 16.5. The molecule has 22 heavy (non-hydrogen) atoms. The van der Waals surface area contributed by atoms with Gasteiger partial charge in [-0.05, 0) is 45.2 Å². The molecule has 2 saturated carbocycles. The minimum Gasteiger partial charge on any atom is -0.462 e. The highest BCUT2D eigenvalue weighted by molar-refractivity contribution is 5.70. The van der Waals surface area contributed by atoms with Crippen LogP contribution in [0.2, 0.25) is 0 Å². The number of nitrogens with zero attached hydrogens (tertiary/aromatic N) is 2. The van der Waals surface area contributed by atoms with Crippen LogP contribution in [-0.2, 0) is 9.53 Å². The molecule has 0 saturated heterocycles. The van der Waals surface area contributed by atoms with Crippen molar-refractivity contribution in [2.45, 2.75) is 52.6 Å². The van der Waals surface area contributed by atoms with Crippen molar-refractivity contribution in [3.8, 4) is 0 Å². The summed E-state index contributed by atoms with van der Waals surface area (Å²) in [6.45, 7) is 10.1. The molecule has 0 spiro atoms. The Kier molecular flexibility index (Phi) is 4.42. The fourth-order valence-corrected chi connectivity index (χ4v) is 5.75. The Morgan fingerprint density at radius 2 is 1.86 bits per heavy atom. The average molecular weight is 311 g/mol. The van der Waals surface area contributed by atoms with Crippen molar-refractivity contribution in [2.24, 2.45) is 16.7 Å². The molecule has 0 aromatic heterocycles. The SMILES string of the molecule is CCOC(=O)C[N+](C)(C)[C@@H]1[C@H](N(C)C)[C@H]2CC[C@@]1(C)C2(C)C. The molecule has 128 valence electrons. The number of hydrogen-bond acceptors (Lipinski definition) is 3. The Bertz CT molecular complexity index is 444. The number of likely N-dealkylation sites (N-methyl/N-ethyl adjacent to an activating group) is 2. The number of esters is 1. The van der Waals surface area contributed by atoms with Gasteiger partial charge in [-0.1, -0.05) is 20.8 Å². The van der Waals surface area contributed by atoms with Gasteiger partial charge >= 0.3 is 5.97 Å². The predicted molar refractivity (Wildman–Crippen MR) is 89.5 cm³/mol. The molecule has 0 N–H and O–H groups in total. The quantitative estimate of drug-likeness (QED) is 0.577. The van der Waals surface area contributed by atoms with E-state index in [1.807, 2.05) is 6.92 Å². The van der Waals surface area contributed by atoms with E-state index in [1.165, 1.54) is 12.8 Å². The van der Waals surface area contributed by atoms with E-state index in [2.05, 4.69) is 53.9 Å². The number of fused-ring (bicyclic) bond motifs is 2. The number of carbonyl (C=O) groups excluding carboxylic acids is 1. The van der Waals surface area contributed by atoms with Gasteiger partial charge in [0.25, 0.3) is 0 Å². The first-order valence-corrected chi connectivity index (χ1v) is 8.63. The maximum atomic E-state index is 12.1. The molecule has 0 aliphatic heterocycles. The van der Waals surface area contributed by atoms with Gasteiger partial charge in [-0.2, -0.15) is 0 Å². The van der Waals surface area contributed by atoms with E-state index in [0.717, 1.165) is 4.48 Å². The van der Waals surface area contributed by atoms with Gasteiger partial charge in [0.1, 0.15) is 6.04 Å². The fraction of sp³-hybridized carbons (Fsp3) is 0.944. The van der Waals surface area contributed by atoms with Crippen LogP contribution < -0.4 is 0 Å². The summed E-state index contributed by atoms with van der Waals surface area (Å²) in [4.78, 5) is 14.5. The van der Waals surface area contributed by atoms with Crippen molar-refractivity contribution in [1.29, 1.82) is 0 Å². The molecule has 0 heterocycles. The summed E-state index contributed by atoms with van der Waals surface area (Å²) >= 11 is 0. The summed E-state index contributed by atoms with van der Waals surface area (Å²) in [5, 5.41) is 0. The van der Waals surface area contributed by atoms with Crippen molar-refractivity contribution < 1.29 is 14.0 Å². The second kappa shape index (κ2) is 5.48. The van der Waals surface area contributed by atoms with Gasteiger partial charge in [-0.3, -0.25) is 0 Å². The first-order chi connectivity index (χ1) is 9.99. The maximum Gasteiger partial charge on any atom is 0.361 e. The molecule has 2 bridgehead atoms. The van der Waals surface area contributed by atoms with Gasteiger partial charge < -0.3 is 14.1 Å². The van der Waals surface area contributed by atoms with Crippen LogP contribution in [0.4, 0.5) is 0 Å². The molecule has 0 aromatic carbocycles. The lowest BCUT2D eigenvalue weighted by atomic mass is 9.68. The zero-order valence-corrected chi connectivity index (χ0v) is 15.8. The lowest BCUT2D eigenvalue weighted by Gasteiger charge is -2.50. The second-order valence-corrected chi connectivity index (χ2v) is 8.93. The molecule has 0 radical (unpaired) electrons. The van der Waals surface area contributed by atoms with Gasteiger partial charge in [-0.15, -0.1) is 0 Å². The Morgan fingerprint density at radius 1 is 1.27 bits per heavy atom. The van der Waals surface area contributed by atoms with Crippen LogP contribution in [0.25, 0.3) is 0 Å². The summed E-state index contributed by atoms with van der Waals surface area (Å²) in [6, 6.07) is 0.985. The summed E-state index contributed by atoms with van der Waals surface area (Å²) in [5.41, 5.74) is 0.583. The third kappa shape index (κ3) is 2.39. The van der Waals surface area contributed by atoms with Crippen LogP contribution in [-0.4, -0.2) is 68.8 Å². The molecular weight excluding hydrogens is 276 g/mol. The predicted octanol–water partition coefficient (Wildman–Crippen LogP) is 2.38. The van der Waals surface area contributed by atoms with Crippen molar-refractivity contribution >= 4 is 5.97 Å². The zero-order chi connectivity index (χ0) is 16.9. The molecule has 2 rings (SSSR count). The lowest BCUT2D eigenvalue weighted by Crippen LogP contribution is -2.64. The molecule has 0 amide bonds. The van der Waals surface area contributed by atoms with Crippen LogP contribution in [0.15, 0.2) is 0 Å². The molecule has 4 nitrogen and oxygen atoms in total. The molecule has 0 aromatic rings. The van der Waals surface area contributed by atoms with Gasteiger partial charge in [0.2, 0.25) is 0 Å². The van der Waals surface area contributed by atoms with E-state index in [1.54, 1.807) is 0 Å². The lowest BCUT2D eigenvalue weighted by molar-refractivity contribution is -0.917. The van der Waals surface area contributed by atoms with Crippen LogP contribution >= 0.6 is 0 Å². The Labute approximate surface area is 136 Å². The Hall–Kier alpha value is -0.610. The summed E-state index contributed by atoms with van der Waals surface area (Å²) in [5.74, 6) is 0.631. The van der Waals surface area contributed by atoms with E-state index in [-0.39, 0.29) is 11.4 Å². The van der Waals surface area contributed by atoms with Crippen LogP contribution in [0, 0.1) is 16.7 Å². The third-order valence-corrected chi connectivity index (χ3v) is 6.95. The van der Waals surface area contributed by atoms with Crippen molar-refractivity contribution in [3.63, 3.8) is 0 Å². The first kappa shape index (κ1) is 17.7. The molecule has 2 aliphatic rings. The van der Waals surface area contributed by atoms with Gasteiger partial charge in [-0.25, -0.2) is 4.79 Å². The largest absolute Gasteiger partial charge is 0.462 e. The Morgan fingerprint density at radius 3 is 2.36 bits per heavy atom. The number of quaternary nitrogens is 1. The fourth-order valence-electron chi connectivity index (χ4n) is 5.75. The number of rotatable bonds is 5.